The van der Waals surface area contributed by atoms with Crippen LogP contribution in [0.15, 0.2) is 6.07 Å². The van der Waals surface area contributed by atoms with Crippen molar-refractivity contribution in [2.24, 2.45) is 0 Å². The lowest BCUT2D eigenvalue weighted by atomic mass is 9.91. The molecule has 0 amide bonds. The molecule has 5 aliphatic heterocycles. The smallest absolute Gasteiger partial charge is 0.417 e. The Morgan fingerprint density at radius 1 is 1.19 bits per heavy atom. The summed E-state index contributed by atoms with van der Waals surface area (Å²) in [6.45, 7) is 4.03. The van der Waals surface area contributed by atoms with E-state index in [2.05, 4.69) is 20.1 Å². The van der Waals surface area contributed by atoms with Gasteiger partial charge in [0, 0.05) is 55.7 Å². The van der Waals surface area contributed by atoms with Crippen LogP contribution in [0.4, 0.5) is 33.5 Å². The van der Waals surface area contributed by atoms with E-state index in [1.54, 1.807) is 0 Å². The SMILES string of the molecule is Cc1cc(N)c(F)c(C2Cc3nc(OCC45CCCN4CC(F)C5)nc(N4CC5CCC(C4)N5)c3CO2)c1C(F)(F)F. The van der Waals surface area contributed by atoms with E-state index in [1.165, 1.54) is 6.92 Å². The average molecular weight is 595 g/mol. The van der Waals surface area contributed by atoms with Crippen molar-refractivity contribution in [2.75, 3.05) is 43.4 Å². The molecule has 5 unspecified atom stereocenters. The molecule has 3 N–H and O–H groups in total. The van der Waals surface area contributed by atoms with E-state index in [4.69, 9.17) is 20.2 Å². The molecule has 1 aromatic carbocycles. The Kier molecular flexibility index (Phi) is 6.78. The second kappa shape index (κ2) is 10.2. The number of hydrogen-bond acceptors (Lipinski definition) is 8. The van der Waals surface area contributed by atoms with Gasteiger partial charge in [-0.2, -0.15) is 23.1 Å². The molecule has 13 heteroatoms. The van der Waals surface area contributed by atoms with Crippen LogP contribution in [0.1, 0.15) is 66.2 Å². The van der Waals surface area contributed by atoms with Gasteiger partial charge < -0.3 is 25.4 Å². The lowest BCUT2D eigenvalue weighted by molar-refractivity contribution is -0.140. The second-order valence-corrected chi connectivity index (χ2v) is 12.5. The number of piperazine rings is 1. The van der Waals surface area contributed by atoms with Gasteiger partial charge in [-0.25, -0.2) is 8.78 Å². The number of aryl methyl sites for hydroxylation is 1. The van der Waals surface area contributed by atoms with Crippen LogP contribution in [0.2, 0.25) is 0 Å². The van der Waals surface area contributed by atoms with Gasteiger partial charge >= 0.3 is 12.2 Å². The first-order chi connectivity index (χ1) is 20.0. The van der Waals surface area contributed by atoms with E-state index in [9.17, 15) is 17.6 Å². The van der Waals surface area contributed by atoms with Gasteiger partial charge in [0.2, 0.25) is 0 Å². The Balaban J connectivity index is 1.25. The molecule has 0 radical (unpaired) electrons. The van der Waals surface area contributed by atoms with E-state index in [0.717, 1.165) is 38.3 Å². The third-order valence-corrected chi connectivity index (χ3v) is 9.74. The van der Waals surface area contributed by atoms with Gasteiger partial charge in [-0.1, -0.05) is 0 Å². The normalized spacial score (nSPS) is 31.0. The molecule has 4 fully saturated rings. The van der Waals surface area contributed by atoms with E-state index in [1.807, 2.05) is 0 Å². The van der Waals surface area contributed by atoms with Crippen molar-refractivity contribution < 1.29 is 31.4 Å². The maximum Gasteiger partial charge on any atom is 0.417 e. The van der Waals surface area contributed by atoms with E-state index in [-0.39, 0.29) is 36.9 Å². The minimum absolute atomic E-state index is 0.0826. The number of nitrogens with one attached hydrogen (secondary N) is 1. The third kappa shape index (κ3) is 4.77. The Bertz CT molecular complexity index is 1380. The molecule has 0 aliphatic carbocycles. The highest BCUT2D eigenvalue weighted by Crippen LogP contribution is 2.45. The van der Waals surface area contributed by atoms with Crippen LogP contribution in [0, 0.1) is 12.7 Å². The van der Waals surface area contributed by atoms with Crippen LogP contribution in [0.25, 0.3) is 0 Å². The molecule has 5 aliphatic rings. The van der Waals surface area contributed by atoms with Crippen molar-refractivity contribution in [1.82, 2.24) is 20.2 Å². The summed E-state index contributed by atoms with van der Waals surface area (Å²) in [6, 6.07) is 1.71. The molecule has 5 atom stereocenters. The van der Waals surface area contributed by atoms with E-state index < -0.39 is 40.9 Å². The lowest BCUT2D eigenvalue weighted by Crippen LogP contribution is -2.52. The van der Waals surface area contributed by atoms with Gasteiger partial charge in [0.05, 0.1) is 35.2 Å². The van der Waals surface area contributed by atoms with Crippen molar-refractivity contribution in [3.8, 4) is 6.01 Å². The standard InChI is InChI=1S/C29H35F5N6O2/c1-15-7-20(35)25(31)23(24(15)29(32,33)34)22-8-21-19(13-41-22)26(39-11-17-3-4-18(12-39)36-17)38-27(37-21)42-14-28-5-2-6-40(28)10-16(30)9-28/h7,16-18,22,36H,2-6,8-14,35H2,1H3. The minimum Gasteiger partial charge on any atom is -0.461 e. The summed E-state index contributed by atoms with van der Waals surface area (Å²) in [5, 5.41) is 3.59. The molecule has 7 rings (SSSR count). The third-order valence-electron chi connectivity index (χ3n) is 9.74. The number of halogens is 5. The number of ether oxygens (including phenoxy) is 2. The quantitative estimate of drug-likeness (QED) is 0.393. The molecule has 2 bridgehead atoms. The minimum atomic E-state index is -4.80. The number of alkyl halides is 4. The van der Waals surface area contributed by atoms with Crippen molar-refractivity contribution in [2.45, 2.75) is 88.1 Å². The largest absolute Gasteiger partial charge is 0.461 e. The van der Waals surface area contributed by atoms with Crippen LogP contribution in [-0.2, 0) is 23.9 Å². The molecule has 42 heavy (non-hydrogen) atoms. The molecular formula is C29H35F5N6O2. The first kappa shape index (κ1) is 28.0. The number of nitrogen functional groups attached to an aromatic ring is 1. The highest BCUT2D eigenvalue weighted by molar-refractivity contribution is 5.55. The van der Waals surface area contributed by atoms with Gasteiger partial charge in [-0.05, 0) is 50.8 Å². The number of anilines is 2. The van der Waals surface area contributed by atoms with Gasteiger partial charge in [-0.3, -0.25) is 4.90 Å². The Morgan fingerprint density at radius 3 is 2.69 bits per heavy atom. The first-order valence-electron chi connectivity index (χ1n) is 14.7. The van der Waals surface area contributed by atoms with Crippen molar-refractivity contribution in [3.05, 3.63) is 39.8 Å². The molecule has 8 nitrogen and oxygen atoms in total. The predicted molar refractivity (Wildman–Crippen MR) is 145 cm³/mol. The molecule has 0 spiro atoms. The Morgan fingerprint density at radius 2 is 1.95 bits per heavy atom. The van der Waals surface area contributed by atoms with Crippen LogP contribution < -0.4 is 20.7 Å². The summed E-state index contributed by atoms with van der Waals surface area (Å²) in [6.07, 6.45) is -2.81. The highest BCUT2D eigenvalue weighted by Gasteiger charge is 2.49. The highest BCUT2D eigenvalue weighted by atomic mass is 19.4. The van der Waals surface area contributed by atoms with Crippen LogP contribution >= 0.6 is 0 Å². The van der Waals surface area contributed by atoms with Crippen molar-refractivity contribution >= 4 is 11.5 Å². The summed E-state index contributed by atoms with van der Waals surface area (Å²) in [5.74, 6) is -0.504. The number of fused-ring (bicyclic) bond motifs is 4. The first-order valence-corrected chi connectivity index (χ1v) is 14.7. The monoisotopic (exact) mass is 594 g/mol. The average Bonchev–Trinajstić information content (AvgIpc) is 3.58. The van der Waals surface area contributed by atoms with E-state index in [0.29, 0.717) is 55.2 Å². The number of rotatable bonds is 5. The molecular weight excluding hydrogens is 559 g/mol. The fraction of sp³-hybridized carbons (Fsp3) is 0.655. The topological polar surface area (TPSA) is 88.8 Å². The zero-order valence-corrected chi connectivity index (χ0v) is 23.4. The van der Waals surface area contributed by atoms with Crippen molar-refractivity contribution in [1.29, 1.82) is 0 Å². The molecule has 2 aromatic rings. The maximum atomic E-state index is 15.3. The Labute approximate surface area is 240 Å². The molecule has 1 aromatic heterocycles. The fourth-order valence-corrected chi connectivity index (χ4v) is 7.88. The molecule has 228 valence electrons. The van der Waals surface area contributed by atoms with Gasteiger partial charge in [0.15, 0.2) is 5.82 Å². The number of aromatic nitrogens is 2. The predicted octanol–water partition coefficient (Wildman–Crippen LogP) is 4.23. The molecule has 6 heterocycles. The number of benzene rings is 1. The second-order valence-electron chi connectivity index (χ2n) is 12.5. The summed E-state index contributed by atoms with van der Waals surface area (Å²) in [7, 11) is 0. The summed E-state index contributed by atoms with van der Waals surface area (Å²) in [4.78, 5) is 13.7. The lowest BCUT2D eigenvalue weighted by Gasteiger charge is -2.37. The summed E-state index contributed by atoms with van der Waals surface area (Å²) >= 11 is 0. The van der Waals surface area contributed by atoms with E-state index >= 15 is 4.39 Å². The zero-order valence-electron chi connectivity index (χ0n) is 23.4. The van der Waals surface area contributed by atoms with Gasteiger partial charge in [0.1, 0.15) is 18.6 Å². The number of nitrogens with zero attached hydrogens (tertiary/aromatic N) is 4. The molecule has 0 saturated carbocycles. The molecule has 4 saturated heterocycles. The summed E-state index contributed by atoms with van der Waals surface area (Å²) in [5.41, 5.74) is 4.28. The van der Waals surface area contributed by atoms with Gasteiger partial charge in [-0.15, -0.1) is 0 Å². The van der Waals surface area contributed by atoms with Crippen LogP contribution in [0.3, 0.4) is 0 Å². The van der Waals surface area contributed by atoms with Crippen molar-refractivity contribution in [3.63, 3.8) is 0 Å². The fourth-order valence-electron chi connectivity index (χ4n) is 7.88. The number of nitrogens with two attached hydrogens (primary N) is 1. The van der Waals surface area contributed by atoms with Crippen LogP contribution in [-0.4, -0.2) is 71.4 Å². The Hall–Kier alpha value is -2.77. The number of hydrogen-bond donors (Lipinski definition) is 2. The zero-order chi connectivity index (χ0) is 29.4. The van der Waals surface area contributed by atoms with Crippen LogP contribution in [0.5, 0.6) is 6.01 Å². The maximum absolute atomic E-state index is 15.3. The van der Waals surface area contributed by atoms with Gasteiger partial charge in [0.25, 0.3) is 0 Å². The summed E-state index contributed by atoms with van der Waals surface area (Å²) < 4.78 is 84.3.